The van der Waals surface area contributed by atoms with Gasteiger partial charge in [-0.25, -0.2) is 26.8 Å². The lowest BCUT2D eigenvalue weighted by molar-refractivity contribution is 0.590. The first-order valence-corrected chi connectivity index (χ1v) is 20.8. The Kier molecular flexibility index (Phi) is 12.2. The Balaban J connectivity index is 0.00000266. The van der Waals surface area contributed by atoms with Crippen molar-refractivity contribution in [1.29, 1.82) is 0 Å². The second-order valence-corrected chi connectivity index (χ2v) is 16.7. The van der Waals surface area contributed by atoms with Gasteiger partial charge in [0.05, 0.1) is 44.9 Å². The quantitative estimate of drug-likeness (QED) is 0.0665. The summed E-state index contributed by atoms with van der Waals surface area (Å²) in [6.07, 6.45) is 0.351. The minimum Gasteiger partial charge on any atom is -0.354 e. The van der Waals surface area contributed by atoms with Crippen LogP contribution in [0.15, 0.2) is 146 Å². The summed E-state index contributed by atoms with van der Waals surface area (Å²) in [6.45, 7) is 0. The van der Waals surface area contributed by atoms with Crippen molar-refractivity contribution in [1.82, 2.24) is 9.97 Å². The second kappa shape index (κ2) is 17.0. The van der Waals surface area contributed by atoms with Crippen LogP contribution in [0.2, 0.25) is 0 Å². The molecule has 4 N–H and O–H groups in total. The number of unbranched alkanes of at least 4 members (excludes halogenated alkanes) is 1. The minimum absolute atomic E-state index is 0. The van der Waals surface area contributed by atoms with E-state index >= 15 is 0 Å². The molecule has 2 aromatic heterocycles. The number of nitrogens with zero attached hydrogens (tertiary/aromatic N) is 2. The van der Waals surface area contributed by atoms with E-state index in [0.29, 0.717) is 11.4 Å². The average Bonchev–Trinajstić information content (AvgIpc) is 3.17. The maximum atomic E-state index is 12.9. The van der Waals surface area contributed by atoms with Gasteiger partial charge in [0.2, 0.25) is 20.0 Å². The number of fused-ring (bicyclic) bond motifs is 4. The predicted molar refractivity (Wildman–Crippen MR) is 236 cm³/mol. The number of rotatable bonds is 13. The average molecular weight is 826 g/mol. The van der Waals surface area contributed by atoms with E-state index in [4.69, 9.17) is 9.97 Å². The molecule has 0 aliphatic carbocycles. The molecule has 286 valence electrons. The Labute approximate surface area is 337 Å². The molecule has 2 heterocycles. The molecule has 0 fully saturated rings. The molecule has 14 heteroatoms. The third-order valence-corrected chi connectivity index (χ3v) is 11.9. The van der Waals surface area contributed by atoms with Crippen LogP contribution in [0.25, 0.3) is 43.6 Å². The summed E-state index contributed by atoms with van der Waals surface area (Å²) in [5.74, 6) is -0.424. The third-order valence-electron chi connectivity index (χ3n) is 9.11. The van der Waals surface area contributed by atoms with Crippen molar-refractivity contribution >= 4 is 123 Å². The lowest BCUT2D eigenvalue weighted by Gasteiger charge is -2.14. The van der Waals surface area contributed by atoms with Crippen LogP contribution in [0, 0.1) is 0 Å². The van der Waals surface area contributed by atoms with Gasteiger partial charge in [-0.2, -0.15) is 0 Å². The molecule has 0 amide bonds. The second-order valence-electron chi connectivity index (χ2n) is 13.0. The van der Waals surface area contributed by atoms with Crippen molar-refractivity contribution in [2.45, 2.75) is 12.8 Å². The van der Waals surface area contributed by atoms with Crippen molar-refractivity contribution < 1.29 is 16.8 Å². The maximum absolute atomic E-state index is 12.9. The number of sulfonamides is 2. The smallest absolute Gasteiger partial charge is 0.232 e. The maximum Gasteiger partial charge on any atom is 0.232 e. The first-order chi connectivity index (χ1) is 26.2. The monoisotopic (exact) mass is 824 g/mol. The molecule has 8 aromatic rings. The fourth-order valence-corrected chi connectivity index (χ4v) is 8.89. The summed E-state index contributed by atoms with van der Waals surface area (Å²) >= 11 is 0. The number of pyridine rings is 2. The highest BCUT2D eigenvalue weighted by molar-refractivity contribution is 7.93. The van der Waals surface area contributed by atoms with Crippen LogP contribution in [0.1, 0.15) is 12.8 Å². The number of hydrogen-bond donors (Lipinski definition) is 4. The van der Waals surface area contributed by atoms with E-state index in [1.165, 1.54) is 0 Å². The molecule has 0 saturated heterocycles. The highest BCUT2D eigenvalue weighted by Crippen LogP contribution is 2.35. The van der Waals surface area contributed by atoms with Gasteiger partial charge in [0.15, 0.2) is 0 Å². The van der Waals surface area contributed by atoms with E-state index in [2.05, 4.69) is 20.1 Å². The van der Waals surface area contributed by atoms with Crippen molar-refractivity contribution in [3.63, 3.8) is 0 Å². The van der Waals surface area contributed by atoms with E-state index < -0.39 is 20.0 Å². The van der Waals surface area contributed by atoms with E-state index in [9.17, 15) is 16.8 Å². The zero-order chi connectivity index (χ0) is 37.1. The van der Waals surface area contributed by atoms with Crippen LogP contribution in [0.3, 0.4) is 0 Å². The van der Waals surface area contributed by atoms with Crippen molar-refractivity contribution in [2.75, 3.05) is 31.6 Å². The molecule has 0 atom stereocenters. The van der Waals surface area contributed by atoms with Gasteiger partial charge in [-0.15, -0.1) is 24.8 Å². The summed E-state index contributed by atoms with van der Waals surface area (Å²) in [6, 6.07) is 45.7. The van der Waals surface area contributed by atoms with Gasteiger partial charge < -0.3 is 10.6 Å². The Hall–Kier alpha value is -5.66. The topological polar surface area (TPSA) is 142 Å². The molecule has 0 radical (unpaired) electrons. The van der Waals surface area contributed by atoms with Crippen LogP contribution in [0.5, 0.6) is 0 Å². The molecule has 0 aliphatic rings. The van der Waals surface area contributed by atoms with E-state index in [0.717, 1.165) is 66.4 Å². The van der Waals surface area contributed by atoms with Crippen molar-refractivity contribution in [3.8, 4) is 0 Å². The molecule has 0 unspecified atom stereocenters. The fraction of sp³-hybridized carbons (Fsp3) is 0.0952. The predicted octanol–water partition coefficient (Wildman–Crippen LogP) is 10.4. The molecular formula is C42H38Cl2N6O4S2. The number of anilines is 6. The van der Waals surface area contributed by atoms with E-state index in [-0.39, 0.29) is 49.2 Å². The number of nitrogens with one attached hydrogen (secondary N) is 4. The zero-order valence-corrected chi connectivity index (χ0v) is 33.1. The number of para-hydroxylation sites is 4. The van der Waals surface area contributed by atoms with Gasteiger partial charge >= 0.3 is 0 Å². The van der Waals surface area contributed by atoms with Crippen LogP contribution in [-0.4, -0.2) is 38.3 Å². The summed E-state index contributed by atoms with van der Waals surface area (Å²) < 4.78 is 56.8. The summed E-state index contributed by atoms with van der Waals surface area (Å²) in [5, 5.41) is 10.9. The zero-order valence-electron chi connectivity index (χ0n) is 29.8. The Bertz CT molecular complexity index is 2570. The molecule has 10 nitrogen and oxygen atoms in total. The van der Waals surface area contributed by atoms with Crippen molar-refractivity contribution in [2.24, 2.45) is 0 Å². The van der Waals surface area contributed by atoms with Crippen molar-refractivity contribution in [3.05, 3.63) is 146 Å². The summed E-state index contributed by atoms with van der Waals surface area (Å²) in [7, 11) is -7.41. The Morgan fingerprint density at radius 2 is 0.643 bits per heavy atom. The van der Waals surface area contributed by atoms with Gasteiger partial charge in [0.25, 0.3) is 0 Å². The lowest BCUT2D eigenvalue weighted by atomic mass is 10.1. The van der Waals surface area contributed by atoms with Gasteiger partial charge in [-0.3, -0.25) is 9.44 Å². The van der Waals surface area contributed by atoms with Crippen LogP contribution < -0.4 is 20.1 Å². The normalized spacial score (nSPS) is 11.5. The SMILES string of the molecule is Cl.Cl.O=S(=O)(CCCCS(=O)(=O)Nc1ccc(Nc2c3ccccc3nc3ccccc23)cc1)Nc1ccc(Nc2c3ccccc3nc3ccccc23)cc1. The molecule has 56 heavy (non-hydrogen) atoms. The standard InChI is InChI=1S/C42H36N6O4S2.2ClH/c49-53(50,47-31-23-19-29(20-24-31)43-41-33-11-1-5-15-37(33)45-38-16-6-2-12-34(38)41)27-9-10-28-54(51,52)48-32-25-21-30(22-26-32)44-42-35-13-3-7-17-39(35)46-40-18-8-4-14-36(40)42;;/h1-8,11-26,47-48H,9-10,27-28H2,(H,43,45)(H,44,46);2*1H. The molecule has 0 spiro atoms. The number of benzene rings is 6. The van der Waals surface area contributed by atoms with E-state index in [1.807, 2.05) is 121 Å². The molecule has 6 aromatic carbocycles. The Morgan fingerprint density at radius 1 is 0.375 bits per heavy atom. The minimum atomic E-state index is -3.70. The number of halogens is 2. The lowest BCUT2D eigenvalue weighted by Crippen LogP contribution is -2.20. The molecule has 0 bridgehead atoms. The van der Waals surface area contributed by atoms with E-state index in [1.54, 1.807) is 24.3 Å². The third kappa shape index (κ3) is 9.06. The molecule has 0 saturated carbocycles. The van der Waals surface area contributed by atoms with Crippen LogP contribution in [-0.2, 0) is 20.0 Å². The molecule has 0 aliphatic heterocycles. The summed E-state index contributed by atoms with van der Waals surface area (Å²) in [4.78, 5) is 9.54. The Morgan fingerprint density at radius 3 is 0.946 bits per heavy atom. The van der Waals surface area contributed by atoms with Gasteiger partial charge in [-0.05, 0) is 85.6 Å². The van der Waals surface area contributed by atoms with Gasteiger partial charge in [-0.1, -0.05) is 72.8 Å². The fourth-order valence-electron chi connectivity index (χ4n) is 6.53. The van der Waals surface area contributed by atoms with Gasteiger partial charge in [0, 0.05) is 44.3 Å². The highest BCUT2D eigenvalue weighted by atomic mass is 35.5. The molecular weight excluding hydrogens is 788 g/mol. The highest BCUT2D eigenvalue weighted by Gasteiger charge is 2.16. The largest absolute Gasteiger partial charge is 0.354 e. The van der Waals surface area contributed by atoms with Crippen LogP contribution in [0.4, 0.5) is 34.1 Å². The summed E-state index contributed by atoms with van der Waals surface area (Å²) in [5.41, 5.74) is 7.76. The molecule has 8 rings (SSSR count). The first-order valence-electron chi connectivity index (χ1n) is 17.5. The number of aromatic nitrogens is 2. The number of hydrogen-bond acceptors (Lipinski definition) is 8. The van der Waals surface area contributed by atoms with Gasteiger partial charge in [0.1, 0.15) is 0 Å². The first kappa shape index (κ1) is 40.0. The van der Waals surface area contributed by atoms with Crippen LogP contribution >= 0.6 is 24.8 Å².